The minimum Gasteiger partial charge on any atom is -0.497 e. The fourth-order valence-electron chi connectivity index (χ4n) is 1.49. The Morgan fingerprint density at radius 3 is 2.35 bits per heavy atom. The molecule has 0 radical (unpaired) electrons. The zero-order valence-electron chi connectivity index (χ0n) is 12.3. The third-order valence-electron chi connectivity index (χ3n) is 2.39. The molecule has 0 aliphatic carbocycles. The van der Waals surface area contributed by atoms with Crippen LogP contribution in [0.2, 0.25) is 0 Å². The van der Waals surface area contributed by atoms with E-state index < -0.39 is 17.8 Å². The van der Waals surface area contributed by atoms with Gasteiger partial charge in [-0.25, -0.2) is 4.79 Å². The number of carbonyl (C=O) groups excluding carboxylic acids is 1. The van der Waals surface area contributed by atoms with Crippen LogP contribution in [0.4, 0.5) is 4.79 Å². The van der Waals surface area contributed by atoms with Crippen molar-refractivity contribution >= 4 is 6.09 Å². The van der Waals surface area contributed by atoms with Gasteiger partial charge in [0.15, 0.2) is 0 Å². The highest BCUT2D eigenvalue weighted by atomic mass is 16.7. The Morgan fingerprint density at radius 1 is 1.30 bits per heavy atom. The average Bonchev–Trinajstić information content (AvgIpc) is 2.38. The monoisotopic (exact) mass is 282 g/mol. The second-order valence-corrected chi connectivity index (χ2v) is 5.22. The SMILES string of the molecule is COc1ccc(C(CN)ONC(=O)OC(C)(C)C)cc1. The highest BCUT2D eigenvalue weighted by Gasteiger charge is 2.18. The third-order valence-corrected chi connectivity index (χ3v) is 2.39. The maximum absolute atomic E-state index is 11.5. The number of amides is 1. The number of methoxy groups -OCH3 is 1. The molecule has 0 heterocycles. The van der Waals surface area contributed by atoms with Gasteiger partial charge in [0.25, 0.3) is 0 Å². The molecule has 1 amide bonds. The van der Waals surface area contributed by atoms with Gasteiger partial charge in [0.05, 0.1) is 7.11 Å². The maximum atomic E-state index is 11.5. The highest BCUT2D eigenvalue weighted by Crippen LogP contribution is 2.19. The number of carbonyl (C=O) groups is 1. The standard InChI is InChI=1S/C14H22N2O4/c1-14(2,3)19-13(17)16-20-12(9-15)10-5-7-11(18-4)8-6-10/h5-8,12H,9,15H2,1-4H3,(H,16,17). The summed E-state index contributed by atoms with van der Waals surface area (Å²) in [4.78, 5) is 16.8. The molecule has 1 aromatic carbocycles. The average molecular weight is 282 g/mol. The van der Waals surface area contributed by atoms with Crippen LogP contribution < -0.4 is 16.0 Å². The Bertz CT molecular complexity index is 426. The van der Waals surface area contributed by atoms with Crippen molar-refractivity contribution in [2.24, 2.45) is 5.73 Å². The van der Waals surface area contributed by atoms with Crippen LogP contribution in [0.5, 0.6) is 5.75 Å². The summed E-state index contributed by atoms with van der Waals surface area (Å²) < 4.78 is 10.1. The Balaban J connectivity index is 2.56. The van der Waals surface area contributed by atoms with Crippen molar-refractivity contribution in [3.63, 3.8) is 0 Å². The van der Waals surface area contributed by atoms with Gasteiger partial charge in [0.2, 0.25) is 0 Å². The molecule has 6 nitrogen and oxygen atoms in total. The molecule has 20 heavy (non-hydrogen) atoms. The molecular weight excluding hydrogens is 260 g/mol. The molecule has 1 aromatic rings. The first kappa shape index (κ1) is 16.3. The lowest BCUT2D eigenvalue weighted by Gasteiger charge is -2.21. The maximum Gasteiger partial charge on any atom is 0.431 e. The molecule has 6 heteroatoms. The second-order valence-electron chi connectivity index (χ2n) is 5.22. The van der Waals surface area contributed by atoms with Gasteiger partial charge in [-0.15, -0.1) is 0 Å². The molecule has 3 N–H and O–H groups in total. The zero-order chi connectivity index (χ0) is 15.2. The predicted octanol–water partition coefficient (Wildman–Crippen LogP) is 2.15. The van der Waals surface area contributed by atoms with Crippen molar-refractivity contribution in [3.8, 4) is 5.75 Å². The van der Waals surface area contributed by atoms with Crippen LogP contribution in [-0.2, 0) is 9.57 Å². The summed E-state index contributed by atoms with van der Waals surface area (Å²) in [7, 11) is 1.59. The van der Waals surface area contributed by atoms with Crippen LogP contribution in [0, 0.1) is 0 Å². The van der Waals surface area contributed by atoms with Crippen molar-refractivity contribution < 1.29 is 19.1 Å². The first-order chi connectivity index (χ1) is 9.35. The largest absolute Gasteiger partial charge is 0.497 e. The summed E-state index contributed by atoms with van der Waals surface area (Å²) in [6, 6.07) is 7.25. The van der Waals surface area contributed by atoms with Crippen LogP contribution in [0.15, 0.2) is 24.3 Å². The number of ether oxygens (including phenoxy) is 2. The number of rotatable bonds is 5. The third kappa shape index (κ3) is 5.46. The number of benzene rings is 1. The van der Waals surface area contributed by atoms with E-state index in [4.69, 9.17) is 20.0 Å². The lowest BCUT2D eigenvalue weighted by atomic mass is 10.1. The number of hydroxylamine groups is 1. The summed E-state index contributed by atoms with van der Waals surface area (Å²) in [5.74, 6) is 0.740. The van der Waals surface area contributed by atoms with Crippen molar-refractivity contribution in [2.75, 3.05) is 13.7 Å². The van der Waals surface area contributed by atoms with E-state index in [0.29, 0.717) is 0 Å². The van der Waals surface area contributed by atoms with Crippen LogP contribution in [0.3, 0.4) is 0 Å². The van der Waals surface area contributed by atoms with Crippen molar-refractivity contribution in [2.45, 2.75) is 32.5 Å². The molecule has 0 aromatic heterocycles. The molecule has 0 saturated heterocycles. The Morgan fingerprint density at radius 2 is 1.90 bits per heavy atom. The van der Waals surface area contributed by atoms with Crippen molar-refractivity contribution in [1.82, 2.24) is 5.48 Å². The molecule has 0 aliphatic heterocycles. The van der Waals surface area contributed by atoms with E-state index >= 15 is 0 Å². The van der Waals surface area contributed by atoms with Crippen LogP contribution in [-0.4, -0.2) is 25.3 Å². The zero-order valence-corrected chi connectivity index (χ0v) is 12.3. The molecule has 1 unspecified atom stereocenters. The lowest BCUT2D eigenvalue weighted by molar-refractivity contribution is -0.0403. The van der Waals surface area contributed by atoms with E-state index in [2.05, 4.69) is 5.48 Å². The molecule has 0 bridgehead atoms. The minimum absolute atomic E-state index is 0.224. The van der Waals surface area contributed by atoms with Gasteiger partial charge in [0, 0.05) is 6.54 Å². The van der Waals surface area contributed by atoms with Crippen molar-refractivity contribution in [3.05, 3.63) is 29.8 Å². The fourth-order valence-corrected chi connectivity index (χ4v) is 1.49. The fraction of sp³-hybridized carbons (Fsp3) is 0.500. The second kappa shape index (κ2) is 7.12. The van der Waals surface area contributed by atoms with Gasteiger partial charge >= 0.3 is 6.09 Å². The van der Waals surface area contributed by atoms with Gasteiger partial charge in [-0.05, 0) is 38.5 Å². The predicted molar refractivity (Wildman–Crippen MR) is 75.2 cm³/mol. The Kier molecular flexibility index (Phi) is 5.79. The van der Waals surface area contributed by atoms with Gasteiger partial charge in [-0.1, -0.05) is 12.1 Å². The molecule has 0 aliphatic rings. The summed E-state index contributed by atoms with van der Waals surface area (Å²) in [6.07, 6.45) is -1.10. The molecule has 0 saturated carbocycles. The Labute approximate surface area is 119 Å². The molecule has 112 valence electrons. The topological polar surface area (TPSA) is 82.8 Å². The van der Waals surface area contributed by atoms with E-state index in [1.807, 2.05) is 12.1 Å². The summed E-state index contributed by atoms with van der Waals surface area (Å²) in [5, 5.41) is 0. The first-order valence-electron chi connectivity index (χ1n) is 6.34. The van der Waals surface area contributed by atoms with Gasteiger partial charge in [-0.3, -0.25) is 4.84 Å². The molecule has 0 spiro atoms. The van der Waals surface area contributed by atoms with E-state index in [1.165, 1.54) is 0 Å². The van der Waals surface area contributed by atoms with Gasteiger partial charge < -0.3 is 15.2 Å². The van der Waals surface area contributed by atoms with Crippen LogP contribution >= 0.6 is 0 Å². The van der Waals surface area contributed by atoms with E-state index in [-0.39, 0.29) is 6.54 Å². The van der Waals surface area contributed by atoms with Gasteiger partial charge in [-0.2, -0.15) is 5.48 Å². The number of nitrogens with one attached hydrogen (secondary N) is 1. The molecule has 1 rings (SSSR count). The molecule has 1 atom stereocenters. The van der Waals surface area contributed by atoms with Crippen LogP contribution in [0.25, 0.3) is 0 Å². The smallest absolute Gasteiger partial charge is 0.431 e. The normalized spacial score (nSPS) is 12.7. The number of hydrogen-bond acceptors (Lipinski definition) is 5. The summed E-state index contributed by atoms with van der Waals surface area (Å²) in [6.45, 7) is 5.55. The van der Waals surface area contributed by atoms with E-state index in [0.717, 1.165) is 11.3 Å². The summed E-state index contributed by atoms with van der Waals surface area (Å²) in [5.41, 5.74) is 8.15. The van der Waals surface area contributed by atoms with E-state index in [9.17, 15) is 4.79 Å². The Hall–Kier alpha value is -1.79. The first-order valence-corrected chi connectivity index (χ1v) is 6.34. The number of hydrogen-bond donors (Lipinski definition) is 2. The van der Waals surface area contributed by atoms with Gasteiger partial charge in [0.1, 0.15) is 17.5 Å². The lowest BCUT2D eigenvalue weighted by Crippen LogP contribution is -2.34. The number of nitrogens with two attached hydrogens (primary N) is 1. The molecule has 0 fully saturated rings. The minimum atomic E-state index is -0.649. The molecular formula is C14H22N2O4. The summed E-state index contributed by atoms with van der Waals surface area (Å²) >= 11 is 0. The van der Waals surface area contributed by atoms with Crippen molar-refractivity contribution in [1.29, 1.82) is 0 Å². The van der Waals surface area contributed by atoms with E-state index in [1.54, 1.807) is 40.0 Å². The van der Waals surface area contributed by atoms with Crippen LogP contribution in [0.1, 0.15) is 32.4 Å². The quantitative estimate of drug-likeness (QED) is 0.809. The highest BCUT2D eigenvalue weighted by molar-refractivity contribution is 5.66.